The highest BCUT2D eigenvalue weighted by atomic mass is 32.1. The highest BCUT2D eigenvalue weighted by molar-refractivity contribution is 7.20. The number of likely N-dealkylation sites (tertiary alicyclic amines) is 1. The van der Waals surface area contributed by atoms with Crippen LogP contribution in [-0.4, -0.2) is 58.7 Å². The Bertz CT molecular complexity index is 785. The molecule has 2 N–H and O–H groups in total. The molecule has 1 aliphatic heterocycles. The number of thiophene rings is 1. The summed E-state index contributed by atoms with van der Waals surface area (Å²) in [5, 5.41) is 11.6. The van der Waals surface area contributed by atoms with Crippen LogP contribution in [0.15, 0.2) is 6.07 Å². The number of amides is 2. The van der Waals surface area contributed by atoms with E-state index < -0.39 is 6.04 Å². The number of rotatable bonds is 6. The van der Waals surface area contributed by atoms with E-state index in [1.54, 1.807) is 11.6 Å². The zero-order valence-corrected chi connectivity index (χ0v) is 17.4. The van der Waals surface area contributed by atoms with Crippen LogP contribution in [0.1, 0.15) is 42.1 Å². The second kappa shape index (κ2) is 8.39. The molecule has 3 heterocycles. The lowest BCUT2D eigenvalue weighted by atomic mass is 9.96. The average Bonchev–Trinajstić information content (AvgIpc) is 3.21. The summed E-state index contributed by atoms with van der Waals surface area (Å²) in [5.74, 6) is 0.442. The van der Waals surface area contributed by atoms with E-state index in [0.717, 1.165) is 54.9 Å². The van der Waals surface area contributed by atoms with E-state index in [1.165, 1.54) is 11.3 Å². The highest BCUT2D eigenvalue weighted by Gasteiger charge is 2.27. The predicted molar refractivity (Wildman–Crippen MR) is 108 cm³/mol. The molecule has 148 valence electrons. The standard InChI is InChI=1S/C19H29N5O2S/c1-5-20-11-14-6-8-24(9-7-14)18(26)13(3)21-17(25)16-10-15-12(2)22-23(4)19(15)27-16/h10,13-14,20H,5-9,11H2,1-4H3,(H,21,25). The minimum atomic E-state index is -0.521. The topological polar surface area (TPSA) is 79.3 Å². The lowest BCUT2D eigenvalue weighted by Crippen LogP contribution is -2.49. The third-order valence-corrected chi connectivity index (χ3v) is 6.45. The van der Waals surface area contributed by atoms with Gasteiger partial charge in [0.05, 0.1) is 10.6 Å². The Hall–Kier alpha value is -1.93. The fourth-order valence-corrected chi connectivity index (χ4v) is 4.65. The fourth-order valence-electron chi connectivity index (χ4n) is 3.63. The minimum absolute atomic E-state index is 0.00390. The predicted octanol–water partition coefficient (Wildman–Crippen LogP) is 1.91. The summed E-state index contributed by atoms with van der Waals surface area (Å²) in [6, 6.07) is 1.34. The molecule has 0 saturated carbocycles. The van der Waals surface area contributed by atoms with Crippen LogP contribution < -0.4 is 10.6 Å². The van der Waals surface area contributed by atoms with Crippen LogP contribution in [0, 0.1) is 12.8 Å². The van der Waals surface area contributed by atoms with E-state index >= 15 is 0 Å². The Kier molecular flexibility index (Phi) is 6.16. The Morgan fingerprint density at radius 3 is 2.70 bits per heavy atom. The average molecular weight is 392 g/mol. The number of nitrogens with zero attached hydrogens (tertiary/aromatic N) is 3. The van der Waals surface area contributed by atoms with Crippen molar-refractivity contribution in [2.45, 2.75) is 39.7 Å². The maximum absolute atomic E-state index is 12.7. The van der Waals surface area contributed by atoms with E-state index in [4.69, 9.17) is 0 Å². The van der Waals surface area contributed by atoms with Crippen LogP contribution in [0.25, 0.3) is 10.2 Å². The van der Waals surface area contributed by atoms with E-state index in [-0.39, 0.29) is 11.8 Å². The fraction of sp³-hybridized carbons (Fsp3) is 0.632. The van der Waals surface area contributed by atoms with Crippen molar-refractivity contribution in [2.24, 2.45) is 13.0 Å². The van der Waals surface area contributed by atoms with Gasteiger partial charge in [-0.1, -0.05) is 6.92 Å². The SMILES string of the molecule is CCNCC1CCN(C(=O)C(C)NC(=O)c2cc3c(C)nn(C)c3s2)CC1. The number of piperidine rings is 1. The summed E-state index contributed by atoms with van der Waals surface area (Å²) < 4.78 is 1.79. The Morgan fingerprint density at radius 1 is 1.37 bits per heavy atom. The molecule has 1 fully saturated rings. The van der Waals surface area contributed by atoms with Gasteiger partial charge in [-0.05, 0) is 51.8 Å². The molecule has 7 nitrogen and oxygen atoms in total. The first-order chi connectivity index (χ1) is 12.9. The van der Waals surface area contributed by atoms with Gasteiger partial charge >= 0.3 is 0 Å². The Labute approximate surface area is 164 Å². The van der Waals surface area contributed by atoms with Crippen molar-refractivity contribution in [1.82, 2.24) is 25.3 Å². The molecule has 0 bridgehead atoms. The largest absolute Gasteiger partial charge is 0.341 e. The maximum atomic E-state index is 12.7. The number of nitrogens with one attached hydrogen (secondary N) is 2. The third kappa shape index (κ3) is 4.32. The molecule has 0 spiro atoms. The smallest absolute Gasteiger partial charge is 0.262 e. The van der Waals surface area contributed by atoms with Crippen molar-refractivity contribution >= 4 is 33.4 Å². The van der Waals surface area contributed by atoms with Crippen molar-refractivity contribution in [3.05, 3.63) is 16.6 Å². The minimum Gasteiger partial charge on any atom is -0.341 e. The van der Waals surface area contributed by atoms with E-state index in [9.17, 15) is 9.59 Å². The molecule has 1 saturated heterocycles. The monoisotopic (exact) mass is 391 g/mol. The van der Waals surface area contributed by atoms with Gasteiger partial charge in [-0.2, -0.15) is 5.10 Å². The summed E-state index contributed by atoms with van der Waals surface area (Å²) in [5.41, 5.74) is 0.910. The number of hydrogen-bond acceptors (Lipinski definition) is 5. The second-order valence-electron chi connectivity index (χ2n) is 7.31. The molecular weight excluding hydrogens is 362 g/mol. The molecule has 0 aliphatic carbocycles. The van der Waals surface area contributed by atoms with Gasteiger partial charge in [-0.15, -0.1) is 11.3 Å². The lowest BCUT2D eigenvalue weighted by Gasteiger charge is -2.33. The Balaban J connectivity index is 1.56. The quantitative estimate of drug-likeness (QED) is 0.788. The van der Waals surface area contributed by atoms with Crippen molar-refractivity contribution in [3.63, 3.8) is 0 Å². The zero-order chi connectivity index (χ0) is 19.6. The molecule has 2 aromatic rings. The second-order valence-corrected chi connectivity index (χ2v) is 8.34. The molecule has 0 radical (unpaired) electrons. The maximum Gasteiger partial charge on any atom is 0.262 e. The number of carbonyl (C=O) groups is 2. The summed E-state index contributed by atoms with van der Waals surface area (Å²) in [6.45, 7) is 9.34. The molecule has 1 unspecified atom stereocenters. The molecule has 2 amide bonds. The number of aromatic nitrogens is 2. The van der Waals surface area contributed by atoms with Gasteiger partial charge in [-0.3, -0.25) is 14.3 Å². The van der Waals surface area contributed by atoms with E-state index in [0.29, 0.717) is 10.8 Å². The van der Waals surface area contributed by atoms with Gasteiger partial charge in [0.25, 0.3) is 5.91 Å². The van der Waals surface area contributed by atoms with Crippen LogP contribution in [-0.2, 0) is 11.8 Å². The zero-order valence-electron chi connectivity index (χ0n) is 16.5. The van der Waals surface area contributed by atoms with Crippen LogP contribution in [0.3, 0.4) is 0 Å². The first-order valence-corrected chi connectivity index (χ1v) is 10.5. The van der Waals surface area contributed by atoms with Crippen molar-refractivity contribution in [2.75, 3.05) is 26.2 Å². The first kappa shape index (κ1) is 19.8. The third-order valence-electron chi connectivity index (χ3n) is 5.25. The van der Waals surface area contributed by atoms with Gasteiger partial charge in [-0.25, -0.2) is 0 Å². The molecule has 0 aromatic carbocycles. The summed E-state index contributed by atoms with van der Waals surface area (Å²) in [4.78, 5) is 28.8. The van der Waals surface area contributed by atoms with Crippen LogP contribution >= 0.6 is 11.3 Å². The van der Waals surface area contributed by atoms with Gasteiger partial charge < -0.3 is 15.5 Å². The Morgan fingerprint density at radius 2 is 2.07 bits per heavy atom. The molecule has 3 rings (SSSR count). The van der Waals surface area contributed by atoms with Gasteiger partial charge in [0, 0.05) is 25.5 Å². The summed E-state index contributed by atoms with van der Waals surface area (Å²) >= 11 is 1.41. The normalized spacial score (nSPS) is 16.7. The van der Waals surface area contributed by atoms with Crippen LogP contribution in [0.4, 0.5) is 0 Å². The number of aryl methyl sites for hydroxylation is 2. The van der Waals surface area contributed by atoms with Crippen LogP contribution in [0.2, 0.25) is 0 Å². The molecule has 27 heavy (non-hydrogen) atoms. The van der Waals surface area contributed by atoms with Crippen molar-refractivity contribution in [3.8, 4) is 0 Å². The summed E-state index contributed by atoms with van der Waals surface area (Å²) in [7, 11) is 1.87. The number of hydrogen-bond donors (Lipinski definition) is 2. The van der Waals surface area contributed by atoms with Gasteiger partial charge in [0.1, 0.15) is 10.9 Å². The molecule has 2 aromatic heterocycles. The molecular formula is C19H29N5O2S. The van der Waals surface area contributed by atoms with Crippen molar-refractivity contribution in [1.29, 1.82) is 0 Å². The van der Waals surface area contributed by atoms with Gasteiger partial charge in [0.2, 0.25) is 5.91 Å². The lowest BCUT2D eigenvalue weighted by molar-refractivity contribution is -0.134. The summed E-state index contributed by atoms with van der Waals surface area (Å²) in [6.07, 6.45) is 2.03. The van der Waals surface area contributed by atoms with E-state index in [1.807, 2.05) is 24.9 Å². The molecule has 1 aliphatic rings. The van der Waals surface area contributed by atoms with Gasteiger partial charge in [0.15, 0.2) is 0 Å². The van der Waals surface area contributed by atoms with Crippen molar-refractivity contribution < 1.29 is 9.59 Å². The van der Waals surface area contributed by atoms with E-state index in [2.05, 4.69) is 22.7 Å². The van der Waals surface area contributed by atoms with Crippen LogP contribution in [0.5, 0.6) is 0 Å². The number of carbonyl (C=O) groups excluding carboxylic acids is 2. The molecule has 8 heteroatoms. The first-order valence-electron chi connectivity index (χ1n) is 9.64. The number of fused-ring (bicyclic) bond motifs is 1. The molecule has 1 atom stereocenters. The highest BCUT2D eigenvalue weighted by Crippen LogP contribution is 2.27.